The van der Waals surface area contributed by atoms with Crippen molar-refractivity contribution in [3.8, 4) is 0 Å². The van der Waals surface area contributed by atoms with Crippen LogP contribution in [-0.2, 0) is 0 Å². The molecule has 128 valence electrons. The summed E-state index contributed by atoms with van der Waals surface area (Å²) in [6.45, 7) is 7.12. The number of piperazine rings is 1. The van der Waals surface area contributed by atoms with Gasteiger partial charge in [0.05, 0.1) is 0 Å². The largest absolute Gasteiger partial charge is 0.396 e. The molecule has 22 heavy (non-hydrogen) atoms. The summed E-state index contributed by atoms with van der Waals surface area (Å²) in [5, 5.41) is 11.9. The summed E-state index contributed by atoms with van der Waals surface area (Å²) in [7, 11) is 0. The van der Waals surface area contributed by atoms with E-state index >= 15 is 0 Å². The molecular weight excluding hydrogens is 278 g/mol. The molecule has 1 aliphatic carbocycles. The topological polar surface area (TPSA) is 55.8 Å². The first kappa shape index (κ1) is 17.5. The molecule has 1 aliphatic heterocycles. The van der Waals surface area contributed by atoms with Gasteiger partial charge in [-0.05, 0) is 38.5 Å². The van der Waals surface area contributed by atoms with Crippen molar-refractivity contribution in [1.82, 2.24) is 15.1 Å². The lowest BCUT2D eigenvalue weighted by molar-refractivity contribution is 0.118. The van der Waals surface area contributed by atoms with Crippen LogP contribution in [0.15, 0.2) is 0 Å². The molecule has 1 unspecified atom stereocenters. The molecule has 1 saturated carbocycles. The second kappa shape index (κ2) is 9.36. The van der Waals surface area contributed by atoms with Crippen LogP contribution < -0.4 is 5.32 Å². The van der Waals surface area contributed by atoms with Gasteiger partial charge in [0.2, 0.25) is 0 Å². The quantitative estimate of drug-likeness (QED) is 0.789. The van der Waals surface area contributed by atoms with E-state index in [0.29, 0.717) is 0 Å². The number of nitrogens with zero attached hydrogens (tertiary/aromatic N) is 2. The highest BCUT2D eigenvalue weighted by Crippen LogP contribution is 2.24. The van der Waals surface area contributed by atoms with Crippen molar-refractivity contribution in [1.29, 1.82) is 0 Å². The van der Waals surface area contributed by atoms with Gasteiger partial charge in [-0.25, -0.2) is 4.79 Å². The molecule has 5 heteroatoms. The molecular formula is C17H33N3O2. The zero-order valence-corrected chi connectivity index (χ0v) is 14.1. The van der Waals surface area contributed by atoms with E-state index in [4.69, 9.17) is 5.11 Å². The number of urea groups is 1. The number of aliphatic hydroxyl groups is 1. The number of carbonyl (C=O) groups is 1. The van der Waals surface area contributed by atoms with E-state index in [9.17, 15) is 4.79 Å². The third kappa shape index (κ3) is 5.76. The van der Waals surface area contributed by atoms with Crippen LogP contribution in [0.2, 0.25) is 0 Å². The summed E-state index contributed by atoms with van der Waals surface area (Å²) in [6, 6.07) is 0.197. The Kier molecular flexibility index (Phi) is 7.46. The Morgan fingerprint density at radius 1 is 1.18 bits per heavy atom. The van der Waals surface area contributed by atoms with E-state index in [-0.39, 0.29) is 18.7 Å². The van der Waals surface area contributed by atoms with Crippen molar-refractivity contribution in [3.05, 3.63) is 0 Å². The minimum Gasteiger partial charge on any atom is -0.396 e. The second-order valence-electron chi connectivity index (χ2n) is 7.01. The van der Waals surface area contributed by atoms with Crippen molar-refractivity contribution in [3.63, 3.8) is 0 Å². The first-order valence-corrected chi connectivity index (χ1v) is 9.07. The number of nitrogens with one attached hydrogen (secondary N) is 1. The molecule has 5 nitrogen and oxygen atoms in total. The summed E-state index contributed by atoms with van der Waals surface area (Å²) in [5.41, 5.74) is 0. The van der Waals surface area contributed by atoms with Gasteiger partial charge in [0.1, 0.15) is 0 Å². The lowest BCUT2D eigenvalue weighted by atomic mass is 9.89. The third-order valence-corrected chi connectivity index (χ3v) is 5.07. The second-order valence-corrected chi connectivity index (χ2v) is 7.01. The first-order valence-electron chi connectivity index (χ1n) is 9.07. The zero-order chi connectivity index (χ0) is 15.8. The van der Waals surface area contributed by atoms with E-state index < -0.39 is 0 Å². The fraction of sp³-hybridized carbons (Fsp3) is 0.941. The van der Waals surface area contributed by atoms with E-state index in [1.165, 1.54) is 38.6 Å². The van der Waals surface area contributed by atoms with Gasteiger partial charge in [-0.15, -0.1) is 0 Å². The smallest absolute Gasteiger partial charge is 0.317 e. The number of hydrogen-bond donors (Lipinski definition) is 2. The van der Waals surface area contributed by atoms with E-state index in [1.807, 2.05) is 11.8 Å². The van der Waals surface area contributed by atoms with Gasteiger partial charge in [0.25, 0.3) is 0 Å². The van der Waals surface area contributed by atoms with Gasteiger partial charge >= 0.3 is 6.03 Å². The predicted octanol–water partition coefficient (Wildman–Crippen LogP) is 2.05. The Bertz CT molecular complexity index is 324. The molecule has 1 atom stereocenters. The number of rotatable bonds is 6. The molecule has 2 amide bonds. The molecule has 0 bridgehead atoms. The fourth-order valence-corrected chi connectivity index (χ4v) is 3.64. The molecule has 2 N–H and O–H groups in total. The number of hydrogen-bond acceptors (Lipinski definition) is 3. The Balaban J connectivity index is 1.64. The zero-order valence-electron chi connectivity index (χ0n) is 14.1. The van der Waals surface area contributed by atoms with Crippen LogP contribution in [0.4, 0.5) is 4.79 Å². The molecule has 1 heterocycles. The van der Waals surface area contributed by atoms with Gasteiger partial charge in [0.15, 0.2) is 0 Å². The van der Waals surface area contributed by atoms with Gasteiger partial charge in [0, 0.05) is 45.4 Å². The van der Waals surface area contributed by atoms with Crippen LogP contribution in [0.3, 0.4) is 0 Å². The average molecular weight is 311 g/mol. The van der Waals surface area contributed by atoms with Crippen LogP contribution >= 0.6 is 0 Å². The number of aliphatic hydroxyl groups excluding tert-OH is 1. The van der Waals surface area contributed by atoms with Crippen molar-refractivity contribution in [2.75, 3.05) is 39.3 Å². The van der Waals surface area contributed by atoms with Gasteiger partial charge in [-0.1, -0.05) is 19.3 Å². The minimum absolute atomic E-state index is 0.0581. The standard InChI is InChI=1S/C17H33N3O2/c1-15(6-5-13-21)18-17(22)20-11-9-19(10-12-20)14-16-7-3-2-4-8-16/h15-16,21H,2-14H2,1H3,(H,18,22). The summed E-state index contributed by atoms with van der Waals surface area (Å²) in [6.07, 6.45) is 8.59. The van der Waals surface area contributed by atoms with Crippen LogP contribution in [-0.4, -0.2) is 66.3 Å². The monoisotopic (exact) mass is 311 g/mol. The van der Waals surface area contributed by atoms with Gasteiger partial charge < -0.3 is 15.3 Å². The lowest BCUT2D eigenvalue weighted by Gasteiger charge is -2.37. The first-order chi connectivity index (χ1) is 10.7. The Hall–Kier alpha value is -0.810. The summed E-state index contributed by atoms with van der Waals surface area (Å²) >= 11 is 0. The SMILES string of the molecule is CC(CCCO)NC(=O)N1CCN(CC2CCCCC2)CC1. The number of amides is 2. The highest BCUT2D eigenvalue weighted by molar-refractivity contribution is 5.74. The van der Waals surface area contributed by atoms with Crippen molar-refractivity contribution in [2.24, 2.45) is 5.92 Å². The molecule has 2 aliphatic rings. The molecule has 0 radical (unpaired) electrons. The van der Waals surface area contributed by atoms with Crippen molar-refractivity contribution >= 4 is 6.03 Å². The van der Waals surface area contributed by atoms with E-state index in [2.05, 4.69) is 10.2 Å². The highest BCUT2D eigenvalue weighted by Gasteiger charge is 2.24. The average Bonchev–Trinajstić information content (AvgIpc) is 2.54. The third-order valence-electron chi connectivity index (χ3n) is 5.07. The maximum absolute atomic E-state index is 12.2. The maximum atomic E-state index is 12.2. The van der Waals surface area contributed by atoms with Crippen LogP contribution in [0.1, 0.15) is 51.9 Å². The maximum Gasteiger partial charge on any atom is 0.317 e. The lowest BCUT2D eigenvalue weighted by Crippen LogP contribution is -2.53. The molecule has 0 spiro atoms. The summed E-state index contributed by atoms with van der Waals surface area (Å²) < 4.78 is 0. The minimum atomic E-state index is 0.0581. The number of carbonyl (C=O) groups excluding carboxylic acids is 1. The van der Waals surface area contributed by atoms with Crippen molar-refractivity contribution < 1.29 is 9.90 Å². The molecule has 0 aromatic carbocycles. The molecule has 0 aromatic rings. The summed E-state index contributed by atoms with van der Waals surface area (Å²) in [5.74, 6) is 0.882. The fourth-order valence-electron chi connectivity index (χ4n) is 3.64. The van der Waals surface area contributed by atoms with Gasteiger partial charge in [-0.2, -0.15) is 0 Å². The molecule has 0 aromatic heterocycles. The molecule has 1 saturated heterocycles. The summed E-state index contributed by atoms with van der Waals surface area (Å²) in [4.78, 5) is 16.7. The van der Waals surface area contributed by atoms with Gasteiger partial charge in [-0.3, -0.25) is 4.90 Å². The molecule has 2 rings (SSSR count). The van der Waals surface area contributed by atoms with Crippen LogP contribution in [0.5, 0.6) is 0 Å². The van der Waals surface area contributed by atoms with Crippen LogP contribution in [0.25, 0.3) is 0 Å². The Morgan fingerprint density at radius 3 is 2.50 bits per heavy atom. The Labute approximate surface area is 135 Å². The molecule has 2 fully saturated rings. The van der Waals surface area contributed by atoms with E-state index in [0.717, 1.165) is 44.9 Å². The predicted molar refractivity (Wildman–Crippen MR) is 88.9 cm³/mol. The van der Waals surface area contributed by atoms with Crippen molar-refractivity contribution in [2.45, 2.75) is 57.9 Å². The Morgan fingerprint density at radius 2 is 1.86 bits per heavy atom. The van der Waals surface area contributed by atoms with Crippen LogP contribution in [0, 0.1) is 5.92 Å². The highest BCUT2D eigenvalue weighted by atomic mass is 16.3. The van der Waals surface area contributed by atoms with E-state index in [1.54, 1.807) is 0 Å². The normalized spacial score (nSPS) is 22.5.